The molecule has 0 saturated heterocycles. The van der Waals surface area contributed by atoms with Crippen molar-refractivity contribution >= 4 is 17.9 Å². The second-order valence-electron chi connectivity index (χ2n) is 5.82. The van der Waals surface area contributed by atoms with Crippen molar-refractivity contribution in [3.63, 3.8) is 0 Å². The fourth-order valence-corrected chi connectivity index (χ4v) is 2.77. The van der Waals surface area contributed by atoms with Gasteiger partial charge in [-0.15, -0.1) is 0 Å². The highest BCUT2D eigenvalue weighted by Gasteiger charge is 2.08. The summed E-state index contributed by atoms with van der Waals surface area (Å²) in [6.45, 7) is 4.00. The first-order chi connectivity index (χ1) is 12.1. The van der Waals surface area contributed by atoms with Crippen LogP contribution in [0.2, 0.25) is 0 Å². The molecule has 3 aromatic rings. The van der Waals surface area contributed by atoms with E-state index in [2.05, 4.69) is 34.7 Å². The van der Waals surface area contributed by atoms with Crippen molar-refractivity contribution in [3.05, 3.63) is 83.2 Å². The molecule has 0 radical (unpaired) electrons. The molecular weight excluding hydrogens is 312 g/mol. The largest absolute Gasteiger partial charge is 0.465 e. The zero-order chi connectivity index (χ0) is 17.8. The molecule has 4 heteroatoms. The molecule has 0 bridgehead atoms. The van der Waals surface area contributed by atoms with Crippen molar-refractivity contribution in [2.45, 2.75) is 13.8 Å². The summed E-state index contributed by atoms with van der Waals surface area (Å²) in [5, 5.41) is 0. The van der Waals surface area contributed by atoms with E-state index in [9.17, 15) is 4.79 Å². The number of aromatic nitrogens is 1. The highest BCUT2D eigenvalue weighted by Crippen LogP contribution is 2.21. The van der Waals surface area contributed by atoms with E-state index in [1.54, 1.807) is 12.1 Å². The number of benzene rings is 2. The van der Waals surface area contributed by atoms with Crippen LogP contribution in [0.3, 0.4) is 0 Å². The van der Waals surface area contributed by atoms with Crippen LogP contribution < -0.4 is 0 Å². The van der Waals surface area contributed by atoms with Crippen LogP contribution in [0.4, 0.5) is 5.69 Å². The number of hydrogen-bond donors (Lipinski definition) is 0. The Morgan fingerprint density at radius 3 is 2.48 bits per heavy atom. The van der Waals surface area contributed by atoms with Gasteiger partial charge in [-0.2, -0.15) is 0 Å². The minimum atomic E-state index is -0.341. The van der Waals surface area contributed by atoms with Crippen LogP contribution in [0.5, 0.6) is 0 Å². The molecule has 2 aromatic carbocycles. The molecule has 4 nitrogen and oxygen atoms in total. The summed E-state index contributed by atoms with van der Waals surface area (Å²) in [5.41, 5.74) is 5.53. The Morgan fingerprint density at radius 1 is 1.04 bits per heavy atom. The highest BCUT2D eigenvalue weighted by molar-refractivity contribution is 5.90. The first-order valence-electron chi connectivity index (χ1n) is 8.07. The molecule has 0 amide bonds. The van der Waals surface area contributed by atoms with E-state index >= 15 is 0 Å². The molecule has 0 aliphatic rings. The number of esters is 1. The lowest BCUT2D eigenvalue weighted by Gasteiger charge is -2.09. The third-order valence-corrected chi connectivity index (χ3v) is 4.07. The molecule has 0 fully saturated rings. The van der Waals surface area contributed by atoms with Gasteiger partial charge in [-0.1, -0.05) is 18.2 Å². The standard InChI is InChI=1S/C21H20N2O2/c1-15-13-17(21(24)25-3)10-12-20(15)22-14-19-11-9-16(2)23(19)18-7-5-4-6-8-18/h4-14H,1-3H3. The predicted molar refractivity (Wildman–Crippen MR) is 100 cm³/mol. The number of nitrogens with zero attached hydrogens (tertiary/aromatic N) is 2. The molecule has 0 aliphatic carbocycles. The first-order valence-corrected chi connectivity index (χ1v) is 8.07. The Bertz CT molecular complexity index is 924. The summed E-state index contributed by atoms with van der Waals surface area (Å²) in [4.78, 5) is 16.2. The Kier molecular flexibility index (Phi) is 4.80. The number of rotatable bonds is 4. The van der Waals surface area contributed by atoms with Crippen molar-refractivity contribution in [2.24, 2.45) is 4.99 Å². The fourth-order valence-electron chi connectivity index (χ4n) is 2.77. The number of carbonyl (C=O) groups excluding carboxylic acids is 1. The fraction of sp³-hybridized carbons (Fsp3) is 0.143. The average molecular weight is 332 g/mol. The molecule has 1 aromatic heterocycles. The van der Waals surface area contributed by atoms with Crippen LogP contribution >= 0.6 is 0 Å². The number of methoxy groups -OCH3 is 1. The molecule has 0 spiro atoms. The number of ether oxygens (including phenoxy) is 1. The zero-order valence-electron chi connectivity index (χ0n) is 14.6. The van der Waals surface area contributed by atoms with Crippen molar-refractivity contribution in [2.75, 3.05) is 7.11 Å². The third kappa shape index (κ3) is 3.53. The molecular formula is C21H20N2O2. The van der Waals surface area contributed by atoms with Gasteiger partial charge >= 0.3 is 5.97 Å². The molecule has 3 rings (SSSR count). The number of carbonyl (C=O) groups is 1. The van der Waals surface area contributed by atoms with Crippen molar-refractivity contribution in [1.82, 2.24) is 4.57 Å². The van der Waals surface area contributed by atoms with E-state index in [-0.39, 0.29) is 5.97 Å². The van der Waals surface area contributed by atoms with Gasteiger partial charge in [-0.05, 0) is 61.9 Å². The van der Waals surface area contributed by atoms with Crippen LogP contribution in [0.1, 0.15) is 27.3 Å². The second-order valence-corrected chi connectivity index (χ2v) is 5.82. The van der Waals surface area contributed by atoms with Gasteiger partial charge in [0, 0.05) is 11.4 Å². The van der Waals surface area contributed by atoms with Gasteiger partial charge in [-0.3, -0.25) is 4.99 Å². The molecule has 0 aliphatic heterocycles. The Hall–Kier alpha value is -3.14. The molecule has 0 unspecified atom stereocenters. The summed E-state index contributed by atoms with van der Waals surface area (Å²) in [7, 11) is 1.38. The number of aliphatic imine (C=N–C) groups is 1. The van der Waals surface area contributed by atoms with E-state index in [4.69, 9.17) is 4.74 Å². The van der Waals surface area contributed by atoms with E-state index in [0.29, 0.717) is 5.56 Å². The van der Waals surface area contributed by atoms with Crippen LogP contribution in [-0.2, 0) is 4.74 Å². The van der Waals surface area contributed by atoms with Crippen molar-refractivity contribution in [1.29, 1.82) is 0 Å². The summed E-state index contributed by atoms with van der Waals surface area (Å²) < 4.78 is 6.90. The van der Waals surface area contributed by atoms with Crippen LogP contribution in [0.25, 0.3) is 5.69 Å². The highest BCUT2D eigenvalue weighted by atomic mass is 16.5. The molecule has 0 N–H and O–H groups in total. The molecule has 25 heavy (non-hydrogen) atoms. The smallest absolute Gasteiger partial charge is 0.337 e. The minimum absolute atomic E-state index is 0.341. The monoisotopic (exact) mass is 332 g/mol. The van der Waals surface area contributed by atoms with Gasteiger partial charge in [0.2, 0.25) is 0 Å². The van der Waals surface area contributed by atoms with E-state index in [1.165, 1.54) is 7.11 Å². The maximum Gasteiger partial charge on any atom is 0.337 e. The number of aryl methyl sites for hydroxylation is 2. The van der Waals surface area contributed by atoms with E-state index in [0.717, 1.165) is 28.3 Å². The normalized spacial score (nSPS) is 11.0. The van der Waals surface area contributed by atoms with Gasteiger partial charge < -0.3 is 9.30 Å². The van der Waals surface area contributed by atoms with Gasteiger partial charge in [0.05, 0.1) is 30.3 Å². The lowest BCUT2D eigenvalue weighted by molar-refractivity contribution is 0.0600. The third-order valence-electron chi connectivity index (χ3n) is 4.07. The predicted octanol–water partition coefficient (Wildman–Crippen LogP) is 4.63. The van der Waals surface area contributed by atoms with Crippen molar-refractivity contribution < 1.29 is 9.53 Å². The summed E-state index contributed by atoms with van der Waals surface area (Å²) >= 11 is 0. The van der Waals surface area contributed by atoms with Crippen LogP contribution in [-0.4, -0.2) is 23.9 Å². The first kappa shape index (κ1) is 16.7. The topological polar surface area (TPSA) is 43.6 Å². The number of para-hydroxylation sites is 1. The van der Waals surface area contributed by atoms with Crippen molar-refractivity contribution in [3.8, 4) is 5.69 Å². The molecule has 0 atom stereocenters. The SMILES string of the molecule is COC(=O)c1ccc(N=Cc2ccc(C)n2-c2ccccc2)c(C)c1. The van der Waals surface area contributed by atoms with Crippen LogP contribution in [0.15, 0.2) is 65.7 Å². The Balaban J connectivity index is 1.92. The quantitative estimate of drug-likeness (QED) is 0.516. The second kappa shape index (κ2) is 7.18. The van der Waals surface area contributed by atoms with Gasteiger partial charge in [0.1, 0.15) is 0 Å². The summed E-state index contributed by atoms with van der Waals surface area (Å²) in [5.74, 6) is -0.341. The lowest BCUT2D eigenvalue weighted by atomic mass is 10.1. The van der Waals surface area contributed by atoms with Gasteiger partial charge in [-0.25, -0.2) is 4.79 Å². The maximum atomic E-state index is 11.6. The maximum absolute atomic E-state index is 11.6. The zero-order valence-corrected chi connectivity index (χ0v) is 14.6. The molecule has 126 valence electrons. The summed E-state index contributed by atoms with van der Waals surface area (Å²) in [6.07, 6.45) is 1.85. The number of hydrogen-bond acceptors (Lipinski definition) is 3. The lowest BCUT2D eigenvalue weighted by Crippen LogP contribution is -2.01. The minimum Gasteiger partial charge on any atom is -0.465 e. The molecule has 0 saturated carbocycles. The Morgan fingerprint density at radius 2 is 1.80 bits per heavy atom. The van der Waals surface area contributed by atoms with E-state index < -0.39 is 0 Å². The molecule has 1 heterocycles. The Labute approximate surface area is 147 Å². The van der Waals surface area contributed by atoms with Gasteiger partial charge in [0.15, 0.2) is 0 Å². The average Bonchev–Trinajstić information content (AvgIpc) is 3.01. The van der Waals surface area contributed by atoms with E-state index in [1.807, 2.05) is 43.5 Å². The summed E-state index contributed by atoms with van der Waals surface area (Å²) in [6, 6.07) is 19.7. The van der Waals surface area contributed by atoms with Gasteiger partial charge in [0.25, 0.3) is 0 Å². The van der Waals surface area contributed by atoms with Crippen LogP contribution in [0, 0.1) is 13.8 Å².